The summed E-state index contributed by atoms with van der Waals surface area (Å²) in [5.74, 6) is -0.251. The van der Waals surface area contributed by atoms with Crippen molar-refractivity contribution >= 4 is 17.1 Å². The summed E-state index contributed by atoms with van der Waals surface area (Å²) in [4.78, 5) is 32.8. The minimum Gasteiger partial charge on any atom is -0.347 e. The molecule has 1 aliphatic carbocycles. The predicted octanol–water partition coefficient (Wildman–Crippen LogP) is 4.47. The van der Waals surface area contributed by atoms with Crippen LogP contribution >= 0.6 is 0 Å². The molecule has 2 N–H and O–H groups in total. The highest BCUT2D eigenvalue weighted by Crippen LogP contribution is 2.33. The summed E-state index contributed by atoms with van der Waals surface area (Å²) < 4.78 is 29.1. The number of imidazole rings is 1. The van der Waals surface area contributed by atoms with Crippen molar-refractivity contribution in [1.82, 2.24) is 40.0 Å². The number of carbonyl (C=O) groups excluding carboxylic acids is 1. The lowest BCUT2D eigenvalue weighted by molar-refractivity contribution is 0.0947. The van der Waals surface area contributed by atoms with Gasteiger partial charge in [-0.15, -0.1) is 0 Å². The minimum absolute atomic E-state index is 0.0920. The van der Waals surface area contributed by atoms with E-state index in [-0.39, 0.29) is 12.2 Å². The van der Waals surface area contributed by atoms with Gasteiger partial charge in [0, 0.05) is 24.2 Å². The van der Waals surface area contributed by atoms with Crippen LogP contribution in [0.1, 0.15) is 53.5 Å². The predicted molar refractivity (Wildman–Crippen MR) is 131 cm³/mol. The first-order valence-corrected chi connectivity index (χ1v) is 12.0. The average Bonchev–Trinajstić information content (AvgIpc) is 3.67. The molecule has 1 fully saturated rings. The number of rotatable bonds is 6. The molecule has 0 radical (unpaired) electrons. The lowest BCUT2D eigenvalue weighted by atomic mass is 10.1. The largest absolute Gasteiger partial charge is 0.347 e. The Kier molecular flexibility index (Phi) is 5.87. The molecule has 0 bridgehead atoms. The van der Waals surface area contributed by atoms with Crippen LogP contribution in [0.15, 0.2) is 55.2 Å². The smallest absolute Gasteiger partial charge is 0.272 e. The number of fused-ring (bicyclic) bond motifs is 1. The van der Waals surface area contributed by atoms with Gasteiger partial charge < -0.3 is 10.3 Å². The second kappa shape index (κ2) is 9.49. The third-order valence-electron chi connectivity index (χ3n) is 6.57. The summed E-state index contributed by atoms with van der Waals surface area (Å²) in [5.41, 5.74) is 3.56. The van der Waals surface area contributed by atoms with Gasteiger partial charge in [0.1, 0.15) is 23.5 Å². The van der Waals surface area contributed by atoms with Gasteiger partial charge in [-0.2, -0.15) is 9.49 Å². The molecule has 1 saturated carbocycles. The van der Waals surface area contributed by atoms with Crippen LogP contribution in [0.5, 0.6) is 0 Å². The molecule has 5 aromatic rings. The van der Waals surface area contributed by atoms with E-state index in [0.29, 0.717) is 39.5 Å². The first-order valence-electron chi connectivity index (χ1n) is 12.0. The Morgan fingerprint density at radius 3 is 2.73 bits per heavy atom. The van der Waals surface area contributed by atoms with Crippen LogP contribution < -0.4 is 5.32 Å². The van der Waals surface area contributed by atoms with Crippen molar-refractivity contribution in [2.45, 2.75) is 38.1 Å². The van der Waals surface area contributed by atoms with Crippen LogP contribution in [0.3, 0.4) is 0 Å². The fraction of sp³-hybridized carbons (Fsp3) is 0.231. The van der Waals surface area contributed by atoms with Gasteiger partial charge in [-0.3, -0.25) is 4.79 Å². The van der Waals surface area contributed by atoms with Crippen molar-refractivity contribution in [3.8, 4) is 16.8 Å². The molecule has 186 valence electrons. The Balaban J connectivity index is 1.20. The molecule has 1 amide bonds. The van der Waals surface area contributed by atoms with E-state index in [2.05, 4.69) is 35.3 Å². The van der Waals surface area contributed by atoms with Crippen molar-refractivity contribution in [2.24, 2.45) is 0 Å². The highest BCUT2D eigenvalue weighted by atomic mass is 19.1. The molecular formula is C26H22F2N8O. The summed E-state index contributed by atoms with van der Waals surface area (Å²) in [6.45, 7) is 0.0920. The van der Waals surface area contributed by atoms with Crippen LogP contribution in [0, 0.1) is 11.8 Å². The molecule has 11 heteroatoms. The third-order valence-corrected chi connectivity index (χ3v) is 6.57. The highest BCUT2D eigenvalue weighted by molar-refractivity contribution is 6.02. The number of nitrogens with one attached hydrogen (secondary N) is 2. The Hall–Kier alpha value is -4.54. The summed E-state index contributed by atoms with van der Waals surface area (Å²) in [7, 11) is 0. The fourth-order valence-corrected chi connectivity index (χ4v) is 4.71. The van der Waals surface area contributed by atoms with Gasteiger partial charge in [-0.1, -0.05) is 12.8 Å². The SMILES string of the molecule is O=C(NCc1cc(F)cc(-c2cnn(-c3ccc(F)nc3)c2)c1)c1ncnc2nc(C3CCCC3)[nH]c12. The molecule has 0 saturated heterocycles. The molecule has 0 spiro atoms. The zero-order chi connectivity index (χ0) is 25.4. The third kappa shape index (κ3) is 4.67. The lowest BCUT2D eigenvalue weighted by Crippen LogP contribution is -2.24. The molecular weight excluding hydrogens is 478 g/mol. The summed E-state index contributed by atoms with van der Waals surface area (Å²) in [5, 5.41) is 7.08. The number of carbonyl (C=O) groups is 1. The molecule has 0 atom stereocenters. The zero-order valence-electron chi connectivity index (χ0n) is 19.7. The molecule has 9 nitrogen and oxygen atoms in total. The number of hydrogen-bond donors (Lipinski definition) is 2. The number of amides is 1. The molecule has 6 rings (SSSR count). The average molecular weight is 501 g/mol. The van der Waals surface area contributed by atoms with E-state index in [9.17, 15) is 13.6 Å². The van der Waals surface area contributed by atoms with Crippen molar-refractivity contribution in [3.05, 3.63) is 84.1 Å². The van der Waals surface area contributed by atoms with Crippen LogP contribution in [0.2, 0.25) is 0 Å². The number of hydrogen-bond acceptors (Lipinski definition) is 6. The summed E-state index contributed by atoms with van der Waals surface area (Å²) in [6.07, 6.45) is 10.4. The molecule has 37 heavy (non-hydrogen) atoms. The van der Waals surface area contributed by atoms with Gasteiger partial charge >= 0.3 is 0 Å². The molecule has 1 aromatic carbocycles. The molecule has 4 heterocycles. The number of aromatic nitrogens is 7. The van der Waals surface area contributed by atoms with E-state index >= 15 is 0 Å². The van der Waals surface area contributed by atoms with Gasteiger partial charge in [-0.25, -0.2) is 29.0 Å². The number of benzene rings is 1. The maximum atomic E-state index is 14.5. The van der Waals surface area contributed by atoms with Crippen LogP contribution in [0.25, 0.3) is 28.0 Å². The van der Waals surface area contributed by atoms with E-state index in [0.717, 1.165) is 18.7 Å². The quantitative estimate of drug-likeness (QED) is 0.333. The number of pyridine rings is 1. The summed E-state index contributed by atoms with van der Waals surface area (Å²) >= 11 is 0. The van der Waals surface area contributed by atoms with Gasteiger partial charge in [0.25, 0.3) is 5.91 Å². The van der Waals surface area contributed by atoms with Crippen LogP contribution in [0.4, 0.5) is 8.78 Å². The maximum Gasteiger partial charge on any atom is 0.272 e. The van der Waals surface area contributed by atoms with E-state index in [1.807, 2.05) is 0 Å². The van der Waals surface area contributed by atoms with E-state index in [1.165, 1.54) is 48.2 Å². The van der Waals surface area contributed by atoms with Crippen molar-refractivity contribution in [1.29, 1.82) is 0 Å². The fourth-order valence-electron chi connectivity index (χ4n) is 4.71. The highest BCUT2D eigenvalue weighted by Gasteiger charge is 2.23. The minimum atomic E-state index is -0.586. The van der Waals surface area contributed by atoms with Gasteiger partial charge in [0.2, 0.25) is 5.95 Å². The van der Waals surface area contributed by atoms with Crippen molar-refractivity contribution in [2.75, 3.05) is 0 Å². The summed E-state index contributed by atoms with van der Waals surface area (Å²) in [6, 6.07) is 7.31. The molecule has 4 aromatic heterocycles. The van der Waals surface area contributed by atoms with Crippen LogP contribution in [-0.4, -0.2) is 40.6 Å². The van der Waals surface area contributed by atoms with E-state index < -0.39 is 17.7 Å². The molecule has 0 aliphatic heterocycles. The zero-order valence-corrected chi connectivity index (χ0v) is 19.7. The number of aromatic amines is 1. The lowest BCUT2D eigenvalue weighted by Gasteiger charge is -2.08. The number of H-pyrrole nitrogens is 1. The Labute approximate surface area is 210 Å². The van der Waals surface area contributed by atoms with Gasteiger partial charge in [0.15, 0.2) is 11.3 Å². The van der Waals surface area contributed by atoms with Gasteiger partial charge in [-0.05, 0) is 54.3 Å². The monoisotopic (exact) mass is 500 g/mol. The Morgan fingerprint density at radius 1 is 1.05 bits per heavy atom. The Bertz CT molecular complexity index is 1590. The molecule has 1 aliphatic rings. The number of halogens is 2. The maximum absolute atomic E-state index is 14.5. The molecule has 0 unspecified atom stereocenters. The van der Waals surface area contributed by atoms with E-state index in [1.54, 1.807) is 24.5 Å². The first-order chi connectivity index (χ1) is 18.0. The van der Waals surface area contributed by atoms with Gasteiger partial charge in [0.05, 0.1) is 18.1 Å². The van der Waals surface area contributed by atoms with Crippen molar-refractivity contribution in [3.63, 3.8) is 0 Å². The second-order valence-corrected chi connectivity index (χ2v) is 9.07. The van der Waals surface area contributed by atoms with Crippen LogP contribution in [-0.2, 0) is 6.54 Å². The second-order valence-electron chi connectivity index (χ2n) is 9.07. The first kappa shape index (κ1) is 22.9. The number of nitrogens with zero attached hydrogens (tertiary/aromatic N) is 6. The Morgan fingerprint density at radius 2 is 1.92 bits per heavy atom. The topological polar surface area (TPSA) is 114 Å². The van der Waals surface area contributed by atoms with E-state index in [4.69, 9.17) is 0 Å². The van der Waals surface area contributed by atoms with Crippen molar-refractivity contribution < 1.29 is 13.6 Å². The standard InChI is InChI=1S/C26H22F2N8O/c27-19-8-15(7-17(9-19)18-11-33-36(13-18)20-5-6-21(28)29-12-20)10-30-26(37)23-22-25(32-14-31-23)35-24(34-22)16-3-1-2-4-16/h5-9,11-14,16H,1-4,10H2,(H,30,37)(H,31,32,34,35). The normalized spacial score (nSPS) is 13.9.